The number of amides is 4. The highest BCUT2D eigenvalue weighted by molar-refractivity contribution is 6.18. The van der Waals surface area contributed by atoms with Gasteiger partial charge in [-0.1, -0.05) is 0 Å². The van der Waals surface area contributed by atoms with E-state index in [1.807, 2.05) is 0 Å². The van der Waals surface area contributed by atoms with Gasteiger partial charge in [0.25, 0.3) is 11.8 Å². The molecule has 1 rings (SSSR count). The summed E-state index contributed by atoms with van der Waals surface area (Å²) in [7, 11) is 0. The van der Waals surface area contributed by atoms with E-state index in [1.165, 1.54) is 20.8 Å². The predicted octanol–water partition coefficient (Wildman–Crippen LogP) is -1.80. The lowest BCUT2D eigenvalue weighted by atomic mass is 9.81. The summed E-state index contributed by atoms with van der Waals surface area (Å²) in [5.74, 6) is -2.46. The number of hydrogen-bond donors (Lipinski definition) is 6. The topological polar surface area (TPSA) is 176 Å². The Morgan fingerprint density at radius 3 is 1.44 bits per heavy atom. The van der Waals surface area contributed by atoms with Gasteiger partial charge in [0, 0.05) is 17.7 Å². The summed E-state index contributed by atoms with van der Waals surface area (Å²) in [6, 6.07) is 0. The maximum Gasteiger partial charge on any atom is 0.256 e. The molecule has 0 unspecified atom stereocenters. The lowest BCUT2D eigenvalue weighted by molar-refractivity contribution is -0.146. The van der Waals surface area contributed by atoms with E-state index < -0.39 is 66.5 Å². The highest BCUT2D eigenvalue weighted by atomic mass is 16.3. The van der Waals surface area contributed by atoms with Crippen molar-refractivity contribution >= 4 is 23.6 Å². The van der Waals surface area contributed by atoms with Crippen LogP contribution in [-0.2, 0) is 19.2 Å². The summed E-state index contributed by atoms with van der Waals surface area (Å²) in [5.41, 5.74) is -3.86. The smallest absolute Gasteiger partial charge is 0.256 e. The second kappa shape index (κ2) is 10.5. The molecule has 0 saturated heterocycles. The highest BCUT2D eigenvalue weighted by Gasteiger charge is 2.45. The molecule has 32 heavy (non-hydrogen) atoms. The molecule has 0 aromatic carbocycles. The van der Waals surface area contributed by atoms with Crippen LogP contribution in [0.3, 0.4) is 0 Å². The van der Waals surface area contributed by atoms with Crippen LogP contribution in [-0.4, -0.2) is 93.0 Å². The molecule has 0 fully saturated rings. The number of nitrogens with zero attached hydrogens (tertiary/aromatic N) is 1. The van der Waals surface area contributed by atoms with Crippen LogP contribution in [0.25, 0.3) is 0 Å². The van der Waals surface area contributed by atoms with E-state index in [0.29, 0.717) is 11.1 Å². The number of imide groups is 1. The highest BCUT2D eigenvalue weighted by Crippen LogP contribution is 2.28. The summed E-state index contributed by atoms with van der Waals surface area (Å²) in [6.07, 6.45) is 0.0129. The zero-order valence-corrected chi connectivity index (χ0v) is 19.3. The average Bonchev–Trinajstić information content (AvgIpc) is 2.96. The number of aliphatic hydroxyl groups is 4. The van der Waals surface area contributed by atoms with Crippen LogP contribution in [0.2, 0.25) is 0 Å². The molecule has 0 saturated carbocycles. The Kier molecular flexibility index (Phi) is 9.10. The fourth-order valence-electron chi connectivity index (χ4n) is 3.02. The molecule has 0 radical (unpaired) electrons. The van der Waals surface area contributed by atoms with E-state index in [9.17, 15) is 39.6 Å². The van der Waals surface area contributed by atoms with Crippen LogP contribution in [0.15, 0.2) is 11.1 Å². The van der Waals surface area contributed by atoms with E-state index in [1.54, 1.807) is 13.8 Å². The van der Waals surface area contributed by atoms with Crippen molar-refractivity contribution in [3.05, 3.63) is 11.1 Å². The summed E-state index contributed by atoms with van der Waals surface area (Å²) in [4.78, 5) is 51.7. The van der Waals surface area contributed by atoms with Crippen molar-refractivity contribution in [1.82, 2.24) is 15.5 Å². The molecule has 0 bridgehead atoms. The van der Waals surface area contributed by atoms with Gasteiger partial charge in [0.1, 0.15) is 5.41 Å². The van der Waals surface area contributed by atoms with Crippen LogP contribution in [0.1, 0.15) is 47.5 Å². The minimum absolute atomic E-state index is 0.0168. The van der Waals surface area contributed by atoms with E-state index >= 15 is 0 Å². The van der Waals surface area contributed by atoms with Crippen molar-refractivity contribution in [3.8, 4) is 0 Å². The molecule has 11 nitrogen and oxygen atoms in total. The Labute approximate surface area is 187 Å². The third-order valence-corrected chi connectivity index (χ3v) is 5.98. The van der Waals surface area contributed by atoms with Gasteiger partial charge in [-0.25, -0.2) is 0 Å². The molecule has 0 aromatic heterocycles. The summed E-state index contributed by atoms with van der Waals surface area (Å²) < 4.78 is 0. The molecule has 0 aliphatic carbocycles. The predicted molar refractivity (Wildman–Crippen MR) is 114 cm³/mol. The number of rotatable bonds is 12. The van der Waals surface area contributed by atoms with Gasteiger partial charge in [0.15, 0.2) is 0 Å². The summed E-state index contributed by atoms with van der Waals surface area (Å²) >= 11 is 0. The third kappa shape index (κ3) is 5.71. The Bertz CT molecular complexity index is 728. The lowest BCUT2D eigenvalue weighted by Gasteiger charge is -2.36. The zero-order chi connectivity index (χ0) is 24.9. The maximum atomic E-state index is 13.1. The number of carbonyl (C=O) groups excluding carboxylic acids is 4. The van der Waals surface area contributed by atoms with Gasteiger partial charge >= 0.3 is 0 Å². The van der Waals surface area contributed by atoms with Crippen molar-refractivity contribution in [2.24, 2.45) is 5.41 Å². The number of aliphatic hydroxyl groups excluding tert-OH is 4. The molecule has 1 heterocycles. The molecule has 0 atom stereocenters. The lowest BCUT2D eigenvalue weighted by Crippen LogP contribution is -2.62. The second-order valence-corrected chi connectivity index (χ2v) is 9.11. The average molecular weight is 458 g/mol. The molecule has 1 aliphatic rings. The third-order valence-electron chi connectivity index (χ3n) is 5.98. The number of carbonyl (C=O) groups is 4. The van der Waals surface area contributed by atoms with Gasteiger partial charge in [0.05, 0.1) is 37.5 Å². The largest absolute Gasteiger partial charge is 0.394 e. The first-order valence-electron chi connectivity index (χ1n) is 10.4. The van der Waals surface area contributed by atoms with Crippen LogP contribution < -0.4 is 10.6 Å². The molecule has 6 N–H and O–H groups in total. The van der Waals surface area contributed by atoms with Crippen LogP contribution in [0.5, 0.6) is 0 Å². The van der Waals surface area contributed by atoms with Crippen molar-refractivity contribution in [2.75, 3.05) is 33.0 Å². The molecule has 1 aliphatic heterocycles. The Hall–Kier alpha value is -2.34. The van der Waals surface area contributed by atoms with Gasteiger partial charge in [0.2, 0.25) is 11.8 Å². The molecule has 0 aromatic rings. The van der Waals surface area contributed by atoms with Crippen molar-refractivity contribution in [3.63, 3.8) is 0 Å². The Balaban J connectivity index is 3.09. The van der Waals surface area contributed by atoms with Gasteiger partial charge in [-0.2, -0.15) is 0 Å². The van der Waals surface area contributed by atoms with Crippen molar-refractivity contribution in [1.29, 1.82) is 0 Å². The minimum atomic E-state index is -1.76. The van der Waals surface area contributed by atoms with Gasteiger partial charge in [-0.15, -0.1) is 0 Å². The van der Waals surface area contributed by atoms with E-state index in [4.69, 9.17) is 0 Å². The minimum Gasteiger partial charge on any atom is -0.394 e. The van der Waals surface area contributed by atoms with E-state index in [-0.39, 0.29) is 19.4 Å². The number of hydrogen-bond acceptors (Lipinski definition) is 8. The standard InChI is InChI=1S/C21H35N3O8/c1-13-14(2)16(30)24(15(13)29)8-6-7-21(5,17(31)22-19(3,9-25)10-26)18(32)23-20(4,11-27)12-28/h25-28H,6-12H2,1-5H3,(H,22,31)(H,23,32). The maximum absolute atomic E-state index is 13.1. The summed E-state index contributed by atoms with van der Waals surface area (Å²) in [5, 5.41) is 42.9. The number of nitrogens with one attached hydrogen (secondary N) is 2. The van der Waals surface area contributed by atoms with Crippen molar-refractivity contribution < 1.29 is 39.6 Å². The zero-order valence-electron chi connectivity index (χ0n) is 19.3. The molecule has 4 amide bonds. The molecule has 182 valence electrons. The first-order chi connectivity index (χ1) is 14.7. The molecular formula is C21H35N3O8. The SMILES string of the molecule is CC1=C(C)C(=O)N(CCCC(C)(C(=O)NC(C)(CO)CO)C(=O)NC(C)(CO)CO)C1=O. The van der Waals surface area contributed by atoms with Crippen molar-refractivity contribution in [2.45, 2.75) is 58.5 Å². The van der Waals surface area contributed by atoms with Crippen LogP contribution >= 0.6 is 0 Å². The Morgan fingerprint density at radius 2 is 1.12 bits per heavy atom. The van der Waals surface area contributed by atoms with Gasteiger partial charge < -0.3 is 31.1 Å². The fourth-order valence-corrected chi connectivity index (χ4v) is 3.02. The van der Waals surface area contributed by atoms with Gasteiger partial charge in [-0.3, -0.25) is 24.1 Å². The second-order valence-electron chi connectivity index (χ2n) is 9.11. The summed E-state index contributed by atoms with van der Waals surface area (Å²) in [6.45, 7) is 4.88. The van der Waals surface area contributed by atoms with Crippen LogP contribution in [0, 0.1) is 5.41 Å². The Morgan fingerprint density at radius 1 is 0.781 bits per heavy atom. The molecule has 11 heteroatoms. The monoisotopic (exact) mass is 457 g/mol. The first-order valence-corrected chi connectivity index (χ1v) is 10.4. The normalized spacial score (nSPS) is 15.5. The fraction of sp³-hybridized carbons (Fsp3) is 0.714. The van der Waals surface area contributed by atoms with Gasteiger partial charge in [-0.05, 0) is 47.5 Å². The van der Waals surface area contributed by atoms with E-state index in [0.717, 1.165) is 4.90 Å². The van der Waals surface area contributed by atoms with Crippen LogP contribution in [0.4, 0.5) is 0 Å². The van der Waals surface area contributed by atoms with E-state index in [2.05, 4.69) is 10.6 Å². The quantitative estimate of drug-likeness (QED) is 0.147. The molecule has 0 spiro atoms. The molecular weight excluding hydrogens is 422 g/mol. The first kappa shape index (κ1) is 27.7.